The van der Waals surface area contributed by atoms with Crippen LogP contribution in [0.4, 0.5) is 5.69 Å². The molecule has 110 valence electrons. The number of hydrogen-bond acceptors (Lipinski definition) is 3. The average molecular weight is 300 g/mol. The van der Waals surface area contributed by atoms with Crippen molar-refractivity contribution in [1.82, 2.24) is 4.98 Å². The lowest BCUT2D eigenvalue weighted by Gasteiger charge is -2.15. The minimum atomic E-state index is 0.0745. The molecule has 0 radical (unpaired) electrons. The normalized spacial score (nSPS) is 14.4. The topological polar surface area (TPSA) is 33.2 Å². The van der Waals surface area contributed by atoms with Crippen LogP contribution in [0, 0.1) is 0 Å². The van der Waals surface area contributed by atoms with E-state index in [1.807, 2.05) is 4.90 Å². The van der Waals surface area contributed by atoms with Gasteiger partial charge in [0.15, 0.2) is 0 Å². The van der Waals surface area contributed by atoms with E-state index in [0.29, 0.717) is 0 Å². The molecule has 0 saturated carbocycles. The van der Waals surface area contributed by atoms with E-state index in [0.717, 1.165) is 34.9 Å². The quantitative estimate of drug-likeness (QED) is 0.797. The van der Waals surface area contributed by atoms with Gasteiger partial charge in [0, 0.05) is 35.5 Å². The van der Waals surface area contributed by atoms with Crippen LogP contribution in [-0.2, 0) is 16.6 Å². The Morgan fingerprint density at radius 2 is 2.10 bits per heavy atom. The Bertz CT molecular complexity index is 697. The van der Waals surface area contributed by atoms with Crippen LogP contribution in [0.2, 0.25) is 0 Å². The standard InChI is InChI=1S/C17H20N2OS/c1-11(20)19-8-7-12-5-6-13(9-15(12)19)14-10-21-16(18-14)17(2,3)4/h5-6,9-10H,7-8H2,1-4H3. The lowest BCUT2D eigenvalue weighted by Crippen LogP contribution is -2.25. The Morgan fingerprint density at radius 3 is 2.71 bits per heavy atom. The summed E-state index contributed by atoms with van der Waals surface area (Å²) < 4.78 is 0. The van der Waals surface area contributed by atoms with Crippen molar-refractivity contribution in [2.75, 3.05) is 11.4 Å². The third-order valence-corrected chi connectivity index (χ3v) is 5.07. The number of fused-ring (bicyclic) bond motifs is 1. The Hall–Kier alpha value is -1.68. The molecule has 0 unspecified atom stereocenters. The Kier molecular flexibility index (Phi) is 3.36. The summed E-state index contributed by atoms with van der Waals surface area (Å²) in [5.41, 5.74) is 4.47. The third-order valence-electron chi connectivity index (χ3n) is 3.80. The van der Waals surface area contributed by atoms with Crippen molar-refractivity contribution in [3.05, 3.63) is 34.2 Å². The van der Waals surface area contributed by atoms with Gasteiger partial charge in [-0.2, -0.15) is 0 Å². The van der Waals surface area contributed by atoms with Crippen LogP contribution < -0.4 is 4.90 Å². The number of benzene rings is 1. The minimum absolute atomic E-state index is 0.0745. The number of amides is 1. The van der Waals surface area contributed by atoms with Crippen molar-refractivity contribution >= 4 is 22.9 Å². The van der Waals surface area contributed by atoms with Crippen molar-refractivity contribution in [3.8, 4) is 11.3 Å². The van der Waals surface area contributed by atoms with Crippen LogP contribution in [0.25, 0.3) is 11.3 Å². The number of carbonyl (C=O) groups is 1. The number of aromatic nitrogens is 1. The first-order valence-electron chi connectivity index (χ1n) is 7.23. The molecule has 2 aromatic rings. The highest BCUT2D eigenvalue weighted by molar-refractivity contribution is 7.10. The van der Waals surface area contributed by atoms with Crippen LogP contribution in [0.15, 0.2) is 23.6 Å². The van der Waals surface area contributed by atoms with Crippen molar-refractivity contribution in [2.45, 2.75) is 39.5 Å². The largest absolute Gasteiger partial charge is 0.312 e. The molecule has 0 aliphatic carbocycles. The molecule has 1 aliphatic heterocycles. The number of anilines is 1. The van der Waals surface area contributed by atoms with Gasteiger partial charge in [-0.1, -0.05) is 32.9 Å². The van der Waals surface area contributed by atoms with Crippen molar-refractivity contribution in [2.24, 2.45) is 0 Å². The molecule has 21 heavy (non-hydrogen) atoms. The monoisotopic (exact) mass is 300 g/mol. The molecule has 1 aromatic carbocycles. The molecule has 3 nitrogen and oxygen atoms in total. The first-order chi connectivity index (χ1) is 9.86. The molecule has 0 atom stereocenters. The lowest BCUT2D eigenvalue weighted by molar-refractivity contribution is -0.116. The Labute approximate surface area is 129 Å². The van der Waals surface area contributed by atoms with Crippen LogP contribution in [0.3, 0.4) is 0 Å². The molecule has 0 spiro atoms. The summed E-state index contributed by atoms with van der Waals surface area (Å²) in [4.78, 5) is 18.3. The highest BCUT2D eigenvalue weighted by Gasteiger charge is 2.23. The highest BCUT2D eigenvalue weighted by Crippen LogP contribution is 2.35. The van der Waals surface area contributed by atoms with Crippen molar-refractivity contribution in [1.29, 1.82) is 0 Å². The van der Waals surface area contributed by atoms with Crippen LogP contribution in [-0.4, -0.2) is 17.4 Å². The maximum Gasteiger partial charge on any atom is 0.223 e. The summed E-state index contributed by atoms with van der Waals surface area (Å²) >= 11 is 1.70. The molecule has 0 fully saturated rings. The van der Waals surface area contributed by atoms with E-state index in [1.165, 1.54) is 5.56 Å². The molecule has 0 bridgehead atoms. The van der Waals surface area contributed by atoms with Gasteiger partial charge in [0.1, 0.15) is 0 Å². The predicted octanol–water partition coefficient (Wildman–Crippen LogP) is 4.02. The van der Waals surface area contributed by atoms with E-state index in [-0.39, 0.29) is 11.3 Å². The molecule has 0 saturated heterocycles. The molecule has 0 N–H and O–H groups in total. The molecule has 1 aromatic heterocycles. The Balaban J connectivity index is 1.99. The van der Waals surface area contributed by atoms with Gasteiger partial charge in [0.05, 0.1) is 10.7 Å². The number of rotatable bonds is 1. The number of nitrogens with zero attached hydrogens (tertiary/aromatic N) is 2. The molecule has 3 rings (SSSR count). The molecule has 1 amide bonds. The zero-order chi connectivity index (χ0) is 15.2. The van der Waals surface area contributed by atoms with Crippen LogP contribution in [0.5, 0.6) is 0 Å². The third kappa shape index (κ3) is 2.60. The highest BCUT2D eigenvalue weighted by atomic mass is 32.1. The van der Waals surface area contributed by atoms with E-state index in [2.05, 4.69) is 44.4 Å². The SMILES string of the molecule is CC(=O)N1CCc2ccc(-c3csc(C(C)(C)C)n3)cc21. The van der Waals surface area contributed by atoms with Gasteiger partial charge in [-0.3, -0.25) is 4.79 Å². The molecule has 2 heterocycles. The zero-order valence-corrected chi connectivity index (χ0v) is 13.8. The van der Waals surface area contributed by atoms with Gasteiger partial charge in [0.25, 0.3) is 0 Å². The zero-order valence-electron chi connectivity index (χ0n) is 12.9. The molecule has 4 heteroatoms. The van der Waals surface area contributed by atoms with E-state index < -0.39 is 0 Å². The fourth-order valence-corrected chi connectivity index (χ4v) is 3.53. The van der Waals surface area contributed by atoms with E-state index in [9.17, 15) is 4.79 Å². The summed E-state index contributed by atoms with van der Waals surface area (Å²) in [5, 5.41) is 3.25. The van der Waals surface area contributed by atoms with Crippen LogP contribution in [0.1, 0.15) is 38.3 Å². The molecule has 1 aliphatic rings. The summed E-state index contributed by atoms with van der Waals surface area (Å²) in [6.45, 7) is 8.95. The van der Waals surface area contributed by atoms with E-state index >= 15 is 0 Å². The smallest absolute Gasteiger partial charge is 0.223 e. The second-order valence-corrected chi connectivity index (χ2v) is 7.41. The first-order valence-corrected chi connectivity index (χ1v) is 8.11. The van der Waals surface area contributed by atoms with Crippen molar-refractivity contribution in [3.63, 3.8) is 0 Å². The molecular formula is C17H20N2OS. The van der Waals surface area contributed by atoms with Gasteiger partial charge in [-0.15, -0.1) is 11.3 Å². The van der Waals surface area contributed by atoms with Gasteiger partial charge in [0.2, 0.25) is 5.91 Å². The average Bonchev–Trinajstić information content (AvgIpc) is 3.04. The van der Waals surface area contributed by atoms with Gasteiger partial charge in [-0.25, -0.2) is 4.98 Å². The maximum atomic E-state index is 11.7. The second kappa shape index (κ2) is 4.95. The fraction of sp³-hybridized carbons (Fsp3) is 0.412. The molecular weight excluding hydrogens is 280 g/mol. The van der Waals surface area contributed by atoms with E-state index in [4.69, 9.17) is 4.98 Å². The lowest BCUT2D eigenvalue weighted by atomic mass is 9.98. The van der Waals surface area contributed by atoms with Crippen LogP contribution >= 0.6 is 11.3 Å². The predicted molar refractivity (Wildman–Crippen MR) is 88.0 cm³/mol. The summed E-state index contributed by atoms with van der Waals surface area (Å²) in [6.07, 6.45) is 0.944. The van der Waals surface area contributed by atoms with Crippen molar-refractivity contribution < 1.29 is 4.79 Å². The maximum absolute atomic E-state index is 11.7. The van der Waals surface area contributed by atoms with Gasteiger partial charge >= 0.3 is 0 Å². The van der Waals surface area contributed by atoms with E-state index in [1.54, 1.807) is 18.3 Å². The number of thiazole rings is 1. The Morgan fingerprint density at radius 1 is 1.33 bits per heavy atom. The number of carbonyl (C=O) groups excluding carboxylic acids is 1. The second-order valence-electron chi connectivity index (χ2n) is 6.55. The fourth-order valence-electron chi connectivity index (χ4n) is 2.62. The summed E-state index contributed by atoms with van der Waals surface area (Å²) in [7, 11) is 0. The minimum Gasteiger partial charge on any atom is -0.312 e. The van der Waals surface area contributed by atoms with Gasteiger partial charge < -0.3 is 4.90 Å². The number of hydrogen-bond donors (Lipinski definition) is 0. The van der Waals surface area contributed by atoms with Gasteiger partial charge in [-0.05, 0) is 18.1 Å². The summed E-state index contributed by atoms with van der Waals surface area (Å²) in [5.74, 6) is 0.111. The summed E-state index contributed by atoms with van der Waals surface area (Å²) in [6, 6.07) is 6.35. The first kappa shape index (κ1) is 14.3.